The molecule has 0 atom stereocenters. The molecule has 0 radical (unpaired) electrons. The summed E-state index contributed by atoms with van der Waals surface area (Å²) in [5, 5.41) is 11.0. The first-order valence-electron chi connectivity index (χ1n) is 8.75. The smallest absolute Gasteiger partial charge is 0.344 e. The summed E-state index contributed by atoms with van der Waals surface area (Å²) < 4.78 is 10.3. The quantitative estimate of drug-likeness (QED) is 0.309. The van der Waals surface area contributed by atoms with Crippen molar-refractivity contribution in [3.05, 3.63) is 69.3 Å². The third-order valence-corrected chi connectivity index (χ3v) is 4.17. The number of aryl methyl sites for hydroxylation is 1. The van der Waals surface area contributed by atoms with Crippen molar-refractivity contribution >= 4 is 17.4 Å². The van der Waals surface area contributed by atoms with Crippen LogP contribution < -0.4 is 4.74 Å². The van der Waals surface area contributed by atoms with E-state index in [1.165, 1.54) is 18.2 Å². The minimum absolute atomic E-state index is 0.0167. The van der Waals surface area contributed by atoms with Crippen LogP contribution >= 0.6 is 0 Å². The van der Waals surface area contributed by atoms with Gasteiger partial charge in [-0.1, -0.05) is 45.0 Å². The van der Waals surface area contributed by atoms with Gasteiger partial charge in [0.05, 0.1) is 4.92 Å². The molecule has 0 N–H and O–H groups in total. The van der Waals surface area contributed by atoms with Crippen molar-refractivity contribution in [2.24, 2.45) is 0 Å². The number of Topliss-reactive ketones (excluding diaryl/α,β-unsaturated/α-hetero) is 1. The van der Waals surface area contributed by atoms with Crippen LogP contribution in [0.1, 0.15) is 42.3 Å². The van der Waals surface area contributed by atoms with E-state index in [0.29, 0.717) is 11.3 Å². The fourth-order valence-corrected chi connectivity index (χ4v) is 2.44. The van der Waals surface area contributed by atoms with E-state index in [4.69, 9.17) is 9.47 Å². The zero-order chi connectivity index (χ0) is 20.9. The largest absolute Gasteiger partial charge is 0.482 e. The number of nitrogens with zero attached hydrogens (tertiary/aromatic N) is 1. The van der Waals surface area contributed by atoms with Gasteiger partial charge in [0.1, 0.15) is 5.75 Å². The van der Waals surface area contributed by atoms with Crippen LogP contribution in [0.3, 0.4) is 0 Å². The Morgan fingerprint density at radius 1 is 1.04 bits per heavy atom. The van der Waals surface area contributed by atoms with Gasteiger partial charge in [0.15, 0.2) is 13.2 Å². The van der Waals surface area contributed by atoms with Gasteiger partial charge in [-0.2, -0.15) is 0 Å². The number of carbonyl (C=O) groups is 2. The lowest BCUT2D eigenvalue weighted by atomic mass is 9.87. The Morgan fingerprint density at radius 3 is 2.25 bits per heavy atom. The fourth-order valence-electron chi connectivity index (χ4n) is 2.44. The van der Waals surface area contributed by atoms with E-state index in [1.54, 1.807) is 19.1 Å². The molecular weight excluding hydrogens is 362 g/mol. The Bertz CT molecular complexity index is 881. The maximum absolute atomic E-state index is 12.1. The first kappa shape index (κ1) is 21.1. The summed E-state index contributed by atoms with van der Waals surface area (Å²) in [7, 11) is 0. The predicted octanol–water partition coefficient (Wildman–Crippen LogP) is 4.01. The van der Waals surface area contributed by atoms with E-state index in [-0.39, 0.29) is 23.3 Å². The number of rotatable bonds is 7. The molecule has 7 heteroatoms. The summed E-state index contributed by atoms with van der Waals surface area (Å²) in [6.45, 7) is 7.03. The van der Waals surface area contributed by atoms with Crippen molar-refractivity contribution in [1.29, 1.82) is 0 Å². The van der Waals surface area contributed by atoms with Gasteiger partial charge in [-0.15, -0.1) is 0 Å². The topological polar surface area (TPSA) is 95.7 Å². The van der Waals surface area contributed by atoms with Gasteiger partial charge >= 0.3 is 5.97 Å². The number of ketones is 1. The maximum atomic E-state index is 12.1. The lowest BCUT2D eigenvalue weighted by molar-refractivity contribution is -0.385. The van der Waals surface area contributed by atoms with Crippen molar-refractivity contribution in [2.75, 3.05) is 13.2 Å². The average molecular weight is 385 g/mol. The van der Waals surface area contributed by atoms with Gasteiger partial charge in [0.25, 0.3) is 5.69 Å². The van der Waals surface area contributed by atoms with Crippen LogP contribution in [-0.4, -0.2) is 29.9 Å². The second kappa shape index (κ2) is 8.65. The van der Waals surface area contributed by atoms with Gasteiger partial charge in [0.2, 0.25) is 5.78 Å². The van der Waals surface area contributed by atoms with Crippen molar-refractivity contribution in [2.45, 2.75) is 33.1 Å². The van der Waals surface area contributed by atoms with Gasteiger partial charge in [0, 0.05) is 17.2 Å². The van der Waals surface area contributed by atoms with Crippen molar-refractivity contribution < 1.29 is 24.0 Å². The molecule has 0 heterocycles. The minimum Gasteiger partial charge on any atom is -0.482 e. The highest BCUT2D eigenvalue weighted by Gasteiger charge is 2.17. The van der Waals surface area contributed by atoms with Gasteiger partial charge < -0.3 is 9.47 Å². The molecule has 0 spiro atoms. The monoisotopic (exact) mass is 385 g/mol. The van der Waals surface area contributed by atoms with Crippen molar-refractivity contribution in [3.8, 4) is 5.75 Å². The van der Waals surface area contributed by atoms with Crippen LogP contribution in [-0.2, 0) is 14.9 Å². The average Bonchev–Trinajstić information content (AvgIpc) is 2.64. The number of hydrogen-bond acceptors (Lipinski definition) is 6. The van der Waals surface area contributed by atoms with Crippen molar-refractivity contribution in [1.82, 2.24) is 0 Å². The summed E-state index contributed by atoms with van der Waals surface area (Å²) in [5.74, 6) is -0.703. The molecule has 0 unspecified atom stereocenters. The summed E-state index contributed by atoms with van der Waals surface area (Å²) in [5.41, 5.74) is 1.57. The minimum atomic E-state index is -0.699. The summed E-state index contributed by atoms with van der Waals surface area (Å²) in [6.07, 6.45) is 0. The molecule has 0 aliphatic rings. The Labute approximate surface area is 163 Å². The van der Waals surface area contributed by atoms with E-state index in [0.717, 1.165) is 5.56 Å². The molecule has 28 heavy (non-hydrogen) atoms. The molecule has 148 valence electrons. The molecule has 0 bridgehead atoms. The maximum Gasteiger partial charge on any atom is 0.344 e. The van der Waals surface area contributed by atoms with Gasteiger partial charge in [-0.05, 0) is 30.0 Å². The molecule has 2 rings (SSSR count). The highest BCUT2D eigenvalue weighted by molar-refractivity contribution is 5.98. The van der Waals surface area contributed by atoms with E-state index >= 15 is 0 Å². The third-order valence-electron chi connectivity index (χ3n) is 4.17. The van der Waals surface area contributed by atoms with E-state index in [2.05, 4.69) is 20.8 Å². The standard InChI is InChI=1S/C21H23NO6/c1-14-5-6-15(11-18(14)22(25)26)19(23)12-28-20(24)13-27-17-9-7-16(8-10-17)21(2,3)4/h5-11H,12-13H2,1-4H3. The molecule has 0 aliphatic carbocycles. The molecule has 0 aromatic heterocycles. The second-order valence-corrected chi connectivity index (χ2v) is 7.41. The lowest BCUT2D eigenvalue weighted by Gasteiger charge is -2.19. The van der Waals surface area contributed by atoms with Crippen LogP contribution in [0.15, 0.2) is 42.5 Å². The predicted molar refractivity (Wildman–Crippen MR) is 104 cm³/mol. The molecular formula is C21H23NO6. The summed E-state index contributed by atoms with van der Waals surface area (Å²) in [6, 6.07) is 11.5. The molecule has 0 saturated heterocycles. The Kier molecular flexibility index (Phi) is 6.51. The van der Waals surface area contributed by atoms with Crippen LogP contribution in [0.4, 0.5) is 5.69 Å². The van der Waals surface area contributed by atoms with Gasteiger partial charge in [-0.3, -0.25) is 14.9 Å². The van der Waals surface area contributed by atoms with E-state index in [9.17, 15) is 19.7 Å². The van der Waals surface area contributed by atoms with Crippen LogP contribution in [0.2, 0.25) is 0 Å². The lowest BCUT2D eigenvalue weighted by Crippen LogP contribution is -2.19. The second-order valence-electron chi connectivity index (χ2n) is 7.41. The molecule has 7 nitrogen and oxygen atoms in total. The first-order valence-corrected chi connectivity index (χ1v) is 8.75. The summed E-state index contributed by atoms with van der Waals surface area (Å²) >= 11 is 0. The number of nitro groups is 1. The molecule has 0 saturated carbocycles. The zero-order valence-corrected chi connectivity index (χ0v) is 16.4. The van der Waals surface area contributed by atoms with Crippen molar-refractivity contribution in [3.63, 3.8) is 0 Å². The zero-order valence-electron chi connectivity index (χ0n) is 16.4. The number of ether oxygens (including phenoxy) is 2. The Morgan fingerprint density at radius 2 is 1.68 bits per heavy atom. The summed E-state index contributed by atoms with van der Waals surface area (Å²) in [4.78, 5) is 34.3. The first-order chi connectivity index (χ1) is 13.1. The number of nitro benzene ring substituents is 1. The van der Waals surface area contributed by atoms with Crippen LogP contribution in [0.5, 0.6) is 5.75 Å². The molecule has 0 amide bonds. The molecule has 2 aromatic rings. The number of hydrogen-bond donors (Lipinski definition) is 0. The number of carbonyl (C=O) groups excluding carboxylic acids is 2. The van der Waals surface area contributed by atoms with E-state index < -0.39 is 23.3 Å². The van der Waals surface area contributed by atoms with Gasteiger partial charge in [-0.25, -0.2) is 4.79 Å². The molecule has 0 fully saturated rings. The molecule has 0 aliphatic heterocycles. The van der Waals surface area contributed by atoms with Crippen LogP contribution in [0, 0.1) is 17.0 Å². The fraction of sp³-hybridized carbons (Fsp3) is 0.333. The third kappa shape index (κ3) is 5.64. The van der Waals surface area contributed by atoms with Crippen LogP contribution in [0.25, 0.3) is 0 Å². The normalized spacial score (nSPS) is 11.0. The number of esters is 1. The molecule has 2 aromatic carbocycles. The highest BCUT2D eigenvalue weighted by Crippen LogP contribution is 2.24. The number of benzene rings is 2. The highest BCUT2D eigenvalue weighted by atomic mass is 16.6. The SMILES string of the molecule is Cc1ccc(C(=O)COC(=O)COc2ccc(C(C)(C)C)cc2)cc1[N+](=O)[O-]. The Balaban J connectivity index is 1.86. The Hall–Kier alpha value is -3.22. The van der Waals surface area contributed by atoms with E-state index in [1.807, 2.05) is 12.1 Å².